The summed E-state index contributed by atoms with van der Waals surface area (Å²) in [4.78, 5) is 4.27. The van der Waals surface area contributed by atoms with E-state index in [-0.39, 0.29) is 24.0 Å². The molecule has 2 aromatic rings. The Hall–Kier alpha value is -1.42. The maximum absolute atomic E-state index is 5.87. The van der Waals surface area contributed by atoms with Gasteiger partial charge in [-0.3, -0.25) is 0 Å². The van der Waals surface area contributed by atoms with Crippen molar-refractivity contribution in [3.63, 3.8) is 0 Å². The predicted molar refractivity (Wildman–Crippen MR) is 101 cm³/mol. The number of benzene rings is 1. The fraction of sp³-hybridized carbons (Fsp3) is 0.357. The largest absolute Gasteiger partial charge is 0.497 e. The van der Waals surface area contributed by atoms with Gasteiger partial charge in [0.15, 0.2) is 5.96 Å². The third-order valence-corrected chi connectivity index (χ3v) is 3.91. The van der Waals surface area contributed by atoms with Crippen LogP contribution in [0.2, 0.25) is 0 Å². The van der Waals surface area contributed by atoms with E-state index in [1.54, 1.807) is 18.4 Å². The summed E-state index contributed by atoms with van der Waals surface area (Å²) in [6, 6.07) is 7.50. The number of methoxy groups -OCH3 is 1. The van der Waals surface area contributed by atoms with Crippen molar-refractivity contribution in [2.75, 3.05) is 12.4 Å². The first-order valence-corrected chi connectivity index (χ1v) is 7.43. The molecule has 0 atom stereocenters. The standard InChI is InChI=1S/C14H19N5OS.HI/c1-9(2)13-19-18-12(21-13)8-16-14(15)17-10-5-4-6-11(7-10)20-3;/h4-7,9H,8H2,1-3H3,(H3,15,16,17);1H. The molecule has 1 aromatic carbocycles. The van der Waals surface area contributed by atoms with Gasteiger partial charge in [0.1, 0.15) is 15.8 Å². The van der Waals surface area contributed by atoms with Crippen LogP contribution in [0.1, 0.15) is 29.8 Å². The zero-order chi connectivity index (χ0) is 15.2. The highest BCUT2D eigenvalue weighted by atomic mass is 127. The van der Waals surface area contributed by atoms with E-state index in [9.17, 15) is 0 Å². The van der Waals surface area contributed by atoms with Gasteiger partial charge in [0, 0.05) is 17.7 Å². The maximum Gasteiger partial charge on any atom is 0.193 e. The molecule has 0 aliphatic rings. The smallest absolute Gasteiger partial charge is 0.193 e. The van der Waals surface area contributed by atoms with Crippen LogP contribution < -0.4 is 15.8 Å². The predicted octanol–water partition coefficient (Wildman–Crippen LogP) is 3.21. The Morgan fingerprint density at radius 3 is 2.82 bits per heavy atom. The number of aromatic nitrogens is 2. The number of halogens is 1. The number of hydrogen-bond donors (Lipinski definition) is 2. The van der Waals surface area contributed by atoms with E-state index in [0.717, 1.165) is 21.5 Å². The molecule has 1 heterocycles. The molecule has 0 aliphatic carbocycles. The third-order valence-electron chi connectivity index (χ3n) is 2.70. The van der Waals surface area contributed by atoms with Crippen molar-refractivity contribution in [2.45, 2.75) is 26.3 Å². The average Bonchev–Trinajstić information content (AvgIpc) is 2.94. The summed E-state index contributed by atoms with van der Waals surface area (Å²) in [5.74, 6) is 1.48. The number of ether oxygens (including phenoxy) is 1. The number of guanidine groups is 1. The summed E-state index contributed by atoms with van der Waals surface area (Å²) in [6.45, 7) is 4.60. The van der Waals surface area contributed by atoms with Crippen LogP contribution in [0.5, 0.6) is 5.75 Å². The first kappa shape index (κ1) is 18.6. The average molecular weight is 433 g/mol. The quantitative estimate of drug-likeness (QED) is 0.430. The van der Waals surface area contributed by atoms with Crippen LogP contribution in [-0.2, 0) is 6.54 Å². The van der Waals surface area contributed by atoms with Gasteiger partial charge >= 0.3 is 0 Å². The summed E-state index contributed by atoms with van der Waals surface area (Å²) < 4.78 is 5.15. The van der Waals surface area contributed by atoms with Gasteiger partial charge in [0.25, 0.3) is 0 Å². The molecule has 0 unspecified atom stereocenters. The van der Waals surface area contributed by atoms with Gasteiger partial charge in [0.05, 0.1) is 13.7 Å². The van der Waals surface area contributed by atoms with Crippen molar-refractivity contribution >= 4 is 47.0 Å². The van der Waals surface area contributed by atoms with Crippen LogP contribution in [0, 0.1) is 0 Å². The summed E-state index contributed by atoms with van der Waals surface area (Å²) in [7, 11) is 1.62. The number of nitrogens with zero attached hydrogens (tertiary/aromatic N) is 3. The van der Waals surface area contributed by atoms with Crippen molar-refractivity contribution in [3.8, 4) is 5.75 Å². The Bertz CT molecular complexity index is 629. The molecule has 0 saturated carbocycles. The van der Waals surface area contributed by atoms with Crippen LogP contribution in [0.4, 0.5) is 5.69 Å². The summed E-state index contributed by atoms with van der Waals surface area (Å²) in [5.41, 5.74) is 6.70. The first-order valence-electron chi connectivity index (χ1n) is 6.61. The van der Waals surface area contributed by atoms with Gasteiger partial charge < -0.3 is 15.8 Å². The lowest BCUT2D eigenvalue weighted by Gasteiger charge is -2.06. The Morgan fingerprint density at radius 2 is 2.18 bits per heavy atom. The van der Waals surface area contributed by atoms with Gasteiger partial charge in [-0.05, 0) is 12.1 Å². The van der Waals surface area contributed by atoms with Crippen molar-refractivity contribution in [1.82, 2.24) is 10.2 Å². The number of nitrogens with one attached hydrogen (secondary N) is 1. The zero-order valence-electron chi connectivity index (χ0n) is 12.7. The number of anilines is 1. The van der Waals surface area contributed by atoms with Crippen LogP contribution in [0.3, 0.4) is 0 Å². The molecule has 0 radical (unpaired) electrons. The highest BCUT2D eigenvalue weighted by Gasteiger charge is 2.07. The van der Waals surface area contributed by atoms with E-state index >= 15 is 0 Å². The van der Waals surface area contributed by atoms with E-state index < -0.39 is 0 Å². The minimum atomic E-state index is 0. The second kappa shape index (κ2) is 8.89. The summed E-state index contributed by atoms with van der Waals surface area (Å²) in [6.07, 6.45) is 0. The molecular weight excluding hydrogens is 413 g/mol. The molecule has 0 saturated heterocycles. The molecule has 8 heteroatoms. The second-order valence-electron chi connectivity index (χ2n) is 4.75. The molecule has 120 valence electrons. The Labute approximate surface area is 151 Å². The molecule has 0 bridgehead atoms. The van der Waals surface area contributed by atoms with E-state index in [2.05, 4.69) is 34.4 Å². The normalized spacial score (nSPS) is 11.2. The van der Waals surface area contributed by atoms with Crippen molar-refractivity contribution < 1.29 is 4.74 Å². The molecule has 0 aliphatic heterocycles. The Balaban J connectivity index is 0.00000242. The third kappa shape index (κ3) is 5.41. The summed E-state index contributed by atoms with van der Waals surface area (Å²) in [5, 5.41) is 13.1. The molecule has 2 rings (SSSR count). The molecular formula is C14H20IN5OS. The monoisotopic (exact) mass is 433 g/mol. The Kier molecular flexibility index (Phi) is 7.52. The van der Waals surface area contributed by atoms with Gasteiger partial charge in [-0.25, -0.2) is 4.99 Å². The topological polar surface area (TPSA) is 85.4 Å². The van der Waals surface area contributed by atoms with E-state index in [4.69, 9.17) is 10.5 Å². The number of rotatable bonds is 5. The summed E-state index contributed by atoms with van der Waals surface area (Å²) >= 11 is 1.56. The van der Waals surface area contributed by atoms with Crippen molar-refractivity contribution in [3.05, 3.63) is 34.3 Å². The lowest BCUT2D eigenvalue weighted by atomic mass is 10.2. The molecule has 0 fully saturated rings. The number of nitrogens with two attached hydrogens (primary N) is 1. The van der Waals surface area contributed by atoms with Gasteiger partial charge in [-0.1, -0.05) is 31.3 Å². The highest BCUT2D eigenvalue weighted by Crippen LogP contribution is 2.19. The maximum atomic E-state index is 5.87. The van der Waals surface area contributed by atoms with Gasteiger partial charge in [-0.15, -0.1) is 34.2 Å². The van der Waals surface area contributed by atoms with Gasteiger partial charge in [-0.2, -0.15) is 0 Å². The number of aliphatic imine (C=N–C) groups is 1. The van der Waals surface area contributed by atoms with Crippen molar-refractivity contribution in [1.29, 1.82) is 0 Å². The molecule has 0 spiro atoms. The molecule has 6 nitrogen and oxygen atoms in total. The SMILES string of the molecule is COc1cccc(NC(N)=NCc2nnc(C(C)C)s2)c1.I. The molecule has 22 heavy (non-hydrogen) atoms. The second-order valence-corrected chi connectivity index (χ2v) is 5.84. The highest BCUT2D eigenvalue weighted by molar-refractivity contribution is 14.0. The van der Waals surface area contributed by atoms with E-state index in [0.29, 0.717) is 18.4 Å². The first-order chi connectivity index (χ1) is 10.1. The van der Waals surface area contributed by atoms with Crippen molar-refractivity contribution in [2.24, 2.45) is 10.7 Å². The fourth-order valence-corrected chi connectivity index (χ4v) is 2.37. The van der Waals surface area contributed by atoms with E-state index in [1.165, 1.54) is 0 Å². The minimum Gasteiger partial charge on any atom is -0.497 e. The lowest BCUT2D eigenvalue weighted by molar-refractivity contribution is 0.415. The molecule has 3 N–H and O–H groups in total. The molecule has 0 amide bonds. The van der Waals surface area contributed by atoms with Crippen LogP contribution in [0.15, 0.2) is 29.3 Å². The van der Waals surface area contributed by atoms with E-state index in [1.807, 2.05) is 24.3 Å². The molecule has 1 aromatic heterocycles. The lowest BCUT2D eigenvalue weighted by Crippen LogP contribution is -2.22. The van der Waals surface area contributed by atoms with Crippen LogP contribution in [0.25, 0.3) is 0 Å². The van der Waals surface area contributed by atoms with Gasteiger partial charge in [0.2, 0.25) is 0 Å². The zero-order valence-corrected chi connectivity index (χ0v) is 15.9. The van der Waals surface area contributed by atoms with Crippen LogP contribution in [-0.4, -0.2) is 23.3 Å². The Morgan fingerprint density at radius 1 is 1.41 bits per heavy atom. The number of hydrogen-bond acceptors (Lipinski definition) is 5. The minimum absolute atomic E-state index is 0. The fourth-order valence-electron chi connectivity index (χ4n) is 1.60. The van der Waals surface area contributed by atoms with Crippen LogP contribution >= 0.6 is 35.3 Å².